The Morgan fingerprint density at radius 1 is 1.19 bits per heavy atom. The van der Waals surface area contributed by atoms with E-state index < -0.39 is 12.1 Å². The summed E-state index contributed by atoms with van der Waals surface area (Å²) in [6.07, 6.45) is 3.25. The smallest absolute Gasteiger partial charge is 0.486 e. The van der Waals surface area contributed by atoms with E-state index in [1.165, 1.54) is 0 Å². The maximum Gasteiger partial charge on any atom is 0.490 e. The van der Waals surface area contributed by atoms with Crippen LogP contribution >= 0.6 is 0 Å². The Labute approximate surface area is 175 Å². The standard InChI is InChI=1S/C18H19N3O3.C2HF3O2/c22-17(14-3-1-6-19-10-14)21-8-5-18(13-21)9-16(12-23-18)24-15-4-2-7-20-11-15;3-2(4,5)1(6)7/h1-4,6-7,10-11,16H,5,8-9,12-13H2;(H,6,7). The van der Waals surface area contributed by atoms with Gasteiger partial charge in [-0.3, -0.25) is 14.8 Å². The van der Waals surface area contributed by atoms with Crippen LogP contribution in [0, 0.1) is 0 Å². The van der Waals surface area contributed by atoms with Crippen LogP contribution in [0.2, 0.25) is 0 Å². The van der Waals surface area contributed by atoms with Crippen molar-refractivity contribution in [2.75, 3.05) is 19.7 Å². The Hall–Kier alpha value is -3.21. The highest BCUT2D eigenvalue weighted by Crippen LogP contribution is 2.37. The van der Waals surface area contributed by atoms with Gasteiger partial charge in [-0.1, -0.05) is 0 Å². The van der Waals surface area contributed by atoms with Crippen molar-refractivity contribution >= 4 is 11.9 Å². The number of alkyl halides is 3. The Morgan fingerprint density at radius 3 is 2.45 bits per heavy atom. The normalized spacial score (nSPS) is 22.7. The van der Waals surface area contributed by atoms with Gasteiger partial charge in [0.2, 0.25) is 0 Å². The number of pyridine rings is 2. The number of aromatic nitrogens is 2. The molecule has 2 aromatic heterocycles. The molecule has 0 bridgehead atoms. The van der Waals surface area contributed by atoms with E-state index in [9.17, 15) is 18.0 Å². The zero-order valence-corrected chi connectivity index (χ0v) is 16.3. The average molecular weight is 439 g/mol. The van der Waals surface area contributed by atoms with Crippen molar-refractivity contribution in [3.8, 4) is 5.75 Å². The van der Waals surface area contributed by atoms with Crippen molar-refractivity contribution in [1.29, 1.82) is 0 Å². The molecule has 1 amide bonds. The lowest BCUT2D eigenvalue weighted by Crippen LogP contribution is -2.36. The zero-order valence-electron chi connectivity index (χ0n) is 16.3. The van der Waals surface area contributed by atoms with E-state index >= 15 is 0 Å². The van der Waals surface area contributed by atoms with Gasteiger partial charge in [0.25, 0.3) is 5.91 Å². The van der Waals surface area contributed by atoms with E-state index in [2.05, 4.69) is 9.97 Å². The summed E-state index contributed by atoms with van der Waals surface area (Å²) in [6.45, 7) is 1.85. The third kappa shape index (κ3) is 5.91. The first-order valence-corrected chi connectivity index (χ1v) is 9.39. The molecule has 2 aliphatic heterocycles. The van der Waals surface area contributed by atoms with Gasteiger partial charge in [-0.05, 0) is 30.7 Å². The number of aliphatic carboxylic acids is 1. The number of carboxylic acid groups (broad SMARTS) is 1. The van der Waals surface area contributed by atoms with Gasteiger partial charge in [-0.2, -0.15) is 13.2 Å². The van der Waals surface area contributed by atoms with Crippen molar-refractivity contribution in [2.45, 2.75) is 30.7 Å². The molecule has 0 aromatic carbocycles. The molecule has 2 saturated heterocycles. The summed E-state index contributed by atoms with van der Waals surface area (Å²) >= 11 is 0. The monoisotopic (exact) mass is 439 g/mol. The second-order valence-corrected chi connectivity index (χ2v) is 7.15. The van der Waals surface area contributed by atoms with Crippen LogP contribution in [0.5, 0.6) is 5.75 Å². The van der Waals surface area contributed by atoms with Gasteiger partial charge >= 0.3 is 12.1 Å². The minimum absolute atomic E-state index is 0.00245. The van der Waals surface area contributed by atoms with Crippen LogP contribution in [0.3, 0.4) is 0 Å². The molecular weight excluding hydrogens is 419 g/mol. The summed E-state index contributed by atoms with van der Waals surface area (Å²) in [6, 6.07) is 7.32. The maximum absolute atomic E-state index is 12.6. The number of halogens is 3. The van der Waals surface area contributed by atoms with Crippen LogP contribution in [0.15, 0.2) is 49.1 Å². The number of hydrogen-bond donors (Lipinski definition) is 1. The second kappa shape index (κ2) is 9.29. The topological polar surface area (TPSA) is 102 Å². The van der Waals surface area contributed by atoms with Gasteiger partial charge in [0.15, 0.2) is 0 Å². The molecule has 31 heavy (non-hydrogen) atoms. The molecule has 166 valence electrons. The van der Waals surface area contributed by atoms with E-state index in [1.807, 2.05) is 17.0 Å². The third-order valence-corrected chi connectivity index (χ3v) is 4.87. The van der Waals surface area contributed by atoms with E-state index in [0.29, 0.717) is 25.3 Å². The summed E-state index contributed by atoms with van der Waals surface area (Å²) in [5.74, 6) is -1.99. The van der Waals surface area contributed by atoms with Crippen LogP contribution in [-0.4, -0.2) is 69.4 Å². The van der Waals surface area contributed by atoms with Crippen molar-refractivity contribution in [1.82, 2.24) is 14.9 Å². The number of rotatable bonds is 3. The largest absolute Gasteiger partial charge is 0.490 e. The Bertz CT molecular complexity index is 898. The number of hydrogen-bond acceptors (Lipinski definition) is 6. The summed E-state index contributed by atoms with van der Waals surface area (Å²) in [5.41, 5.74) is 0.334. The minimum atomic E-state index is -5.08. The first kappa shape index (κ1) is 22.5. The Kier molecular flexibility index (Phi) is 6.74. The van der Waals surface area contributed by atoms with Gasteiger partial charge in [0, 0.05) is 31.6 Å². The zero-order chi connectivity index (χ0) is 22.5. The predicted octanol–water partition coefficient (Wildman–Crippen LogP) is 2.56. The van der Waals surface area contributed by atoms with E-state index in [4.69, 9.17) is 19.4 Å². The molecule has 8 nitrogen and oxygen atoms in total. The number of ether oxygens (including phenoxy) is 2. The molecule has 2 aromatic rings. The fourth-order valence-electron chi connectivity index (χ4n) is 3.46. The van der Waals surface area contributed by atoms with Crippen molar-refractivity contribution in [3.63, 3.8) is 0 Å². The fraction of sp³-hybridized carbons (Fsp3) is 0.400. The molecule has 0 radical (unpaired) electrons. The Balaban J connectivity index is 0.000000339. The number of carbonyl (C=O) groups is 2. The molecule has 2 aliphatic rings. The Morgan fingerprint density at radius 2 is 1.87 bits per heavy atom. The first-order valence-electron chi connectivity index (χ1n) is 9.39. The third-order valence-electron chi connectivity index (χ3n) is 4.87. The van der Waals surface area contributed by atoms with Gasteiger partial charge in [-0.15, -0.1) is 0 Å². The lowest BCUT2D eigenvalue weighted by Gasteiger charge is -2.23. The molecule has 2 fully saturated rings. The molecule has 0 saturated carbocycles. The number of carbonyl (C=O) groups excluding carboxylic acids is 1. The number of likely N-dealkylation sites (tertiary alicyclic amines) is 1. The molecule has 1 N–H and O–H groups in total. The second-order valence-electron chi connectivity index (χ2n) is 7.15. The van der Waals surface area contributed by atoms with Crippen LogP contribution in [0.1, 0.15) is 23.2 Å². The number of amides is 1. The molecule has 2 unspecified atom stereocenters. The summed E-state index contributed by atoms with van der Waals surface area (Å²) in [4.78, 5) is 31.4. The predicted molar refractivity (Wildman–Crippen MR) is 100 cm³/mol. The van der Waals surface area contributed by atoms with E-state index in [-0.39, 0.29) is 17.6 Å². The average Bonchev–Trinajstić information content (AvgIpc) is 3.35. The quantitative estimate of drug-likeness (QED) is 0.784. The SMILES string of the molecule is O=C(O)C(F)(F)F.O=C(c1cccnc1)N1CCC2(CC(Oc3cccnc3)CO2)C1. The highest BCUT2D eigenvalue weighted by Gasteiger charge is 2.47. The van der Waals surface area contributed by atoms with E-state index in [1.54, 1.807) is 36.9 Å². The highest BCUT2D eigenvalue weighted by molar-refractivity contribution is 5.94. The summed E-state index contributed by atoms with van der Waals surface area (Å²) in [5, 5.41) is 7.12. The van der Waals surface area contributed by atoms with Crippen LogP contribution in [0.25, 0.3) is 0 Å². The molecule has 4 heterocycles. The van der Waals surface area contributed by atoms with Gasteiger partial charge in [-0.25, -0.2) is 4.79 Å². The fourth-order valence-corrected chi connectivity index (χ4v) is 3.46. The lowest BCUT2D eigenvalue weighted by atomic mass is 9.98. The van der Waals surface area contributed by atoms with Crippen molar-refractivity contribution in [2.24, 2.45) is 0 Å². The molecule has 2 atom stereocenters. The van der Waals surface area contributed by atoms with Crippen LogP contribution < -0.4 is 4.74 Å². The van der Waals surface area contributed by atoms with E-state index in [0.717, 1.165) is 18.6 Å². The van der Waals surface area contributed by atoms with Crippen LogP contribution in [-0.2, 0) is 9.53 Å². The van der Waals surface area contributed by atoms with Crippen molar-refractivity contribution < 1.29 is 37.3 Å². The van der Waals surface area contributed by atoms with Crippen LogP contribution in [0.4, 0.5) is 13.2 Å². The van der Waals surface area contributed by atoms with Gasteiger partial charge in [0.05, 0.1) is 30.5 Å². The maximum atomic E-state index is 12.6. The minimum Gasteiger partial charge on any atom is -0.486 e. The molecule has 0 aliphatic carbocycles. The molecular formula is C20H20F3N3O5. The van der Waals surface area contributed by atoms with Gasteiger partial charge in [0.1, 0.15) is 11.9 Å². The summed E-state index contributed by atoms with van der Waals surface area (Å²) in [7, 11) is 0. The molecule has 1 spiro atoms. The first-order chi connectivity index (χ1) is 14.7. The number of carboxylic acids is 1. The molecule has 11 heteroatoms. The number of nitrogens with zero attached hydrogens (tertiary/aromatic N) is 3. The van der Waals surface area contributed by atoms with Crippen molar-refractivity contribution in [3.05, 3.63) is 54.6 Å². The summed E-state index contributed by atoms with van der Waals surface area (Å²) < 4.78 is 43.7. The molecule has 4 rings (SSSR count). The lowest BCUT2D eigenvalue weighted by molar-refractivity contribution is -0.192. The highest BCUT2D eigenvalue weighted by atomic mass is 19.4. The van der Waals surface area contributed by atoms with Gasteiger partial charge < -0.3 is 19.5 Å².